The molecule has 1 aliphatic heterocycles. The minimum Gasteiger partial charge on any atom is -0.493 e. The molecule has 0 aliphatic carbocycles. The van der Waals surface area contributed by atoms with Crippen LogP contribution in [0.25, 0.3) is 32.8 Å². The Morgan fingerprint density at radius 1 is 0.735 bits per heavy atom. The molecule has 0 spiro atoms. The van der Waals surface area contributed by atoms with E-state index < -0.39 is 12.1 Å². The van der Waals surface area contributed by atoms with Gasteiger partial charge in [0.15, 0.2) is 0 Å². The second-order valence-electron chi connectivity index (χ2n) is 12.2. The number of para-hydroxylation sites is 1. The molecule has 1 saturated heterocycles. The van der Waals surface area contributed by atoms with E-state index in [-0.39, 0.29) is 11.4 Å². The van der Waals surface area contributed by atoms with E-state index >= 15 is 0 Å². The van der Waals surface area contributed by atoms with Crippen molar-refractivity contribution in [1.82, 2.24) is 9.88 Å². The fraction of sp³-hybridized carbons (Fsp3) is 0.200. The number of benzene rings is 5. The molecular weight excluding hydrogens is 618 g/mol. The summed E-state index contributed by atoms with van der Waals surface area (Å²) < 4.78 is 11.5. The van der Waals surface area contributed by atoms with Crippen LogP contribution in [0, 0.1) is 0 Å². The fourth-order valence-corrected chi connectivity index (χ4v) is 6.79. The van der Waals surface area contributed by atoms with Gasteiger partial charge in [-0.3, -0.25) is 4.90 Å². The standard InChI is InChI=1S/C40H37N3O6/c44-39(45)28-17-19-30(20-18-28)43-23-21-42(22-24-43)26-29-9-2-3-11-31(29)33-13-6-14-34-35(38(41-37(33)34)49-40(46)47)15-7-25-48-36-16-5-10-27-8-1-4-12-32(27)36/h1-6,8-14,16-20,41H,7,15,21-26H2,(H,44,45)(H,46,47). The van der Waals surface area contributed by atoms with Gasteiger partial charge in [0.25, 0.3) is 0 Å². The molecule has 2 heterocycles. The van der Waals surface area contributed by atoms with Crippen molar-refractivity contribution < 1.29 is 29.3 Å². The highest BCUT2D eigenvalue weighted by Crippen LogP contribution is 2.37. The van der Waals surface area contributed by atoms with Gasteiger partial charge in [-0.2, -0.15) is 0 Å². The predicted octanol–water partition coefficient (Wildman–Crippen LogP) is 8.08. The van der Waals surface area contributed by atoms with Crippen LogP contribution in [0.3, 0.4) is 0 Å². The third-order valence-corrected chi connectivity index (χ3v) is 9.22. The number of aryl methyl sites for hydroxylation is 1. The number of ether oxygens (including phenoxy) is 2. The Bertz CT molecular complexity index is 2110. The number of piperazine rings is 1. The maximum Gasteiger partial charge on any atom is 0.512 e. The lowest BCUT2D eigenvalue weighted by atomic mass is 9.96. The summed E-state index contributed by atoms with van der Waals surface area (Å²) >= 11 is 0. The number of aromatic carboxylic acids is 1. The van der Waals surface area contributed by atoms with Crippen LogP contribution in [0.5, 0.6) is 11.6 Å². The summed E-state index contributed by atoms with van der Waals surface area (Å²) in [4.78, 5) is 31.0. The lowest BCUT2D eigenvalue weighted by Crippen LogP contribution is -2.46. The van der Waals surface area contributed by atoms with Crippen molar-refractivity contribution in [3.8, 4) is 22.8 Å². The zero-order valence-electron chi connectivity index (χ0n) is 27.0. The van der Waals surface area contributed by atoms with E-state index in [1.807, 2.05) is 66.7 Å². The van der Waals surface area contributed by atoms with Crippen molar-refractivity contribution >= 4 is 39.5 Å². The first kappa shape index (κ1) is 31.8. The van der Waals surface area contributed by atoms with Gasteiger partial charge in [-0.25, -0.2) is 9.59 Å². The Kier molecular flexibility index (Phi) is 9.16. The number of rotatable bonds is 11. The van der Waals surface area contributed by atoms with Gasteiger partial charge in [-0.15, -0.1) is 0 Å². The molecule has 0 bridgehead atoms. The zero-order valence-corrected chi connectivity index (χ0v) is 27.0. The number of hydrogen-bond donors (Lipinski definition) is 3. The Morgan fingerprint density at radius 3 is 2.22 bits per heavy atom. The van der Waals surface area contributed by atoms with Gasteiger partial charge < -0.3 is 29.6 Å². The minimum atomic E-state index is -1.36. The second-order valence-corrected chi connectivity index (χ2v) is 12.2. The summed E-state index contributed by atoms with van der Waals surface area (Å²) in [5.41, 5.74) is 6.20. The molecule has 7 rings (SSSR count). The zero-order chi connectivity index (χ0) is 33.7. The number of aromatic nitrogens is 1. The molecule has 0 saturated carbocycles. The molecule has 0 atom stereocenters. The number of H-pyrrole nitrogens is 1. The lowest BCUT2D eigenvalue weighted by Gasteiger charge is -2.36. The summed E-state index contributed by atoms with van der Waals surface area (Å²) in [5.74, 6) is 0.146. The Balaban J connectivity index is 1.08. The molecular formula is C40H37N3O6. The van der Waals surface area contributed by atoms with E-state index in [1.54, 1.807) is 12.1 Å². The SMILES string of the molecule is O=C(O)Oc1[nH]c2c(-c3ccccc3CN3CCN(c4ccc(C(=O)O)cc4)CC3)cccc2c1CCCOc1cccc2ccccc12. The van der Waals surface area contributed by atoms with E-state index in [0.717, 1.165) is 82.5 Å². The summed E-state index contributed by atoms with van der Waals surface area (Å²) in [6.07, 6.45) is -0.122. The Labute approximate surface area is 283 Å². The van der Waals surface area contributed by atoms with E-state index in [1.165, 1.54) is 5.56 Å². The number of carbonyl (C=O) groups is 2. The maximum atomic E-state index is 11.7. The topological polar surface area (TPSA) is 115 Å². The molecule has 0 radical (unpaired) electrons. The highest BCUT2D eigenvalue weighted by Gasteiger charge is 2.22. The van der Waals surface area contributed by atoms with Crippen molar-refractivity contribution in [3.05, 3.63) is 126 Å². The number of carboxylic acid groups (broad SMARTS) is 2. The summed E-state index contributed by atoms with van der Waals surface area (Å²) in [5, 5.41) is 21.9. The summed E-state index contributed by atoms with van der Waals surface area (Å²) in [7, 11) is 0. The van der Waals surface area contributed by atoms with Crippen LogP contribution in [-0.4, -0.2) is 65.0 Å². The smallest absolute Gasteiger partial charge is 0.493 e. The summed E-state index contributed by atoms with van der Waals surface area (Å²) in [6.45, 7) is 4.63. The van der Waals surface area contributed by atoms with Gasteiger partial charge in [0.05, 0.1) is 17.7 Å². The average molecular weight is 656 g/mol. The van der Waals surface area contributed by atoms with Crippen LogP contribution in [0.15, 0.2) is 109 Å². The minimum absolute atomic E-state index is 0.241. The normalized spacial score (nSPS) is 13.5. The molecule has 6 aromatic rings. The molecule has 248 valence electrons. The van der Waals surface area contributed by atoms with Crippen LogP contribution in [0.4, 0.5) is 10.5 Å². The van der Waals surface area contributed by atoms with Crippen LogP contribution >= 0.6 is 0 Å². The van der Waals surface area contributed by atoms with Gasteiger partial charge in [0, 0.05) is 60.3 Å². The van der Waals surface area contributed by atoms with Crippen LogP contribution < -0.4 is 14.4 Å². The number of nitrogens with one attached hydrogen (secondary N) is 1. The van der Waals surface area contributed by atoms with Gasteiger partial charge >= 0.3 is 12.1 Å². The first-order valence-corrected chi connectivity index (χ1v) is 16.5. The third-order valence-electron chi connectivity index (χ3n) is 9.22. The van der Waals surface area contributed by atoms with Gasteiger partial charge in [-0.05, 0) is 59.7 Å². The maximum absolute atomic E-state index is 11.7. The Morgan fingerprint density at radius 2 is 1.43 bits per heavy atom. The number of hydrogen-bond acceptors (Lipinski definition) is 6. The molecule has 1 aromatic heterocycles. The average Bonchev–Trinajstić information content (AvgIpc) is 3.47. The van der Waals surface area contributed by atoms with Crippen LogP contribution in [0.1, 0.15) is 27.9 Å². The van der Waals surface area contributed by atoms with Crippen molar-refractivity contribution in [2.24, 2.45) is 0 Å². The molecule has 0 unspecified atom stereocenters. The number of anilines is 1. The van der Waals surface area contributed by atoms with E-state index in [2.05, 4.69) is 45.1 Å². The van der Waals surface area contributed by atoms with Crippen LogP contribution in [0.2, 0.25) is 0 Å². The van der Waals surface area contributed by atoms with Gasteiger partial charge in [0.1, 0.15) is 5.75 Å². The van der Waals surface area contributed by atoms with Gasteiger partial charge in [-0.1, -0.05) is 78.9 Å². The number of aromatic amines is 1. The Hall–Kier alpha value is -5.80. The number of nitrogens with zero attached hydrogens (tertiary/aromatic N) is 2. The largest absolute Gasteiger partial charge is 0.512 e. The molecule has 9 heteroatoms. The summed E-state index contributed by atoms with van der Waals surface area (Å²) in [6, 6.07) is 35.6. The first-order chi connectivity index (χ1) is 23.9. The van der Waals surface area contributed by atoms with Gasteiger partial charge in [0.2, 0.25) is 5.88 Å². The molecule has 9 nitrogen and oxygen atoms in total. The highest BCUT2D eigenvalue weighted by molar-refractivity contribution is 5.98. The van der Waals surface area contributed by atoms with Crippen molar-refractivity contribution in [2.45, 2.75) is 19.4 Å². The van der Waals surface area contributed by atoms with Crippen molar-refractivity contribution in [1.29, 1.82) is 0 Å². The molecule has 0 amide bonds. The second kappa shape index (κ2) is 14.1. The monoisotopic (exact) mass is 655 g/mol. The van der Waals surface area contributed by atoms with E-state index in [0.29, 0.717) is 19.4 Å². The fourth-order valence-electron chi connectivity index (χ4n) is 6.79. The predicted molar refractivity (Wildman–Crippen MR) is 191 cm³/mol. The first-order valence-electron chi connectivity index (χ1n) is 16.5. The highest BCUT2D eigenvalue weighted by atomic mass is 16.7. The molecule has 1 fully saturated rings. The lowest BCUT2D eigenvalue weighted by molar-refractivity contribution is 0.0696. The van der Waals surface area contributed by atoms with E-state index in [4.69, 9.17) is 9.47 Å². The molecule has 5 aromatic carbocycles. The van der Waals surface area contributed by atoms with E-state index in [9.17, 15) is 19.8 Å². The number of carboxylic acids is 1. The molecule has 3 N–H and O–H groups in total. The van der Waals surface area contributed by atoms with Crippen LogP contribution in [-0.2, 0) is 13.0 Å². The molecule has 49 heavy (non-hydrogen) atoms. The quantitative estimate of drug-likeness (QED) is 0.0948. The van der Waals surface area contributed by atoms with Crippen molar-refractivity contribution in [3.63, 3.8) is 0 Å². The number of fused-ring (bicyclic) bond motifs is 2. The third kappa shape index (κ3) is 6.93. The van der Waals surface area contributed by atoms with Crippen molar-refractivity contribution in [2.75, 3.05) is 37.7 Å². The molecule has 1 aliphatic rings.